The summed E-state index contributed by atoms with van der Waals surface area (Å²) in [7, 11) is 0. The molecule has 1 aromatic carbocycles. The Hall–Kier alpha value is -1.39. The quantitative estimate of drug-likeness (QED) is 0.811. The maximum atomic E-state index is 12.7. The van der Waals surface area contributed by atoms with Gasteiger partial charge in [-0.1, -0.05) is 31.5 Å². The Labute approximate surface area is 127 Å². The third-order valence-electron chi connectivity index (χ3n) is 4.08. The summed E-state index contributed by atoms with van der Waals surface area (Å²) in [4.78, 5) is 12.7. The van der Waals surface area contributed by atoms with Crippen molar-refractivity contribution < 1.29 is 9.53 Å². The largest absolute Gasteiger partial charge is 0.377 e. The van der Waals surface area contributed by atoms with Crippen molar-refractivity contribution in [3.63, 3.8) is 0 Å². The van der Waals surface area contributed by atoms with Gasteiger partial charge >= 0.3 is 0 Å². The molecule has 1 amide bonds. The van der Waals surface area contributed by atoms with Crippen LogP contribution in [-0.2, 0) is 16.1 Å². The van der Waals surface area contributed by atoms with Gasteiger partial charge in [0.15, 0.2) is 0 Å². The molecule has 1 aromatic rings. The zero-order valence-corrected chi connectivity index (χ0v) is 13.1. The van der Waals surface area contributed by atoms with Crippen LogP contribution in [0.4, 0.5) is 5.69 Å². The minimum absolute atomic E-state index is 0.0887. The van der Waals surface area contributed by atoms with Crippen molar-refractivity contribution in [3.8, 4) is 0 Å². The van der Waals surface area contributed by atoms with E-state index in [-0.39, 0.29) is 5.91 Å². The first kappa shape index (κ1) is 16.0. The van der Waals surface area contributed by atoms with Gasteiger partial charge in [0.25, 0.3) is 0 Å². The minimum Gasteiger partial charge on any atom is -0.377 e. The Morgan fingerprint density at radius 3 is 2.86 bits per heavy atom. The van der Waals surface area contributed by atoms with Gasteiger partial charge < -0.3 is 15.4 Å². The lowest BCUT2D eigenvalue weighted by Crippen LogP contribution is -2.50. The van der Waals surface area contributed by atoms with Gasteiger partial charge in [0.2, 0.25) is 5.91 Å². The number of amides is 1. The van der Waals surface area contributed by atoms with E-state index in [9.17, 15) is 4.79 Å². The van der Waals surface area contributed by atoms with Gasteiger partial charge in [0.1, 0.15) is 0 Å². The lowest BCUT2D eigenvalue weighted by molar-refractivity contribution is -0.122. The Kier molecular flexibility index (Phi) is 5.76. The molecule has 2 N–H and O–H groups in total. The van der Waals surface area contributed by atoms with E-state index in [4.69, 9.17) is 4.74 Å². The predicted molar refractivity (Wildman–Crippen MR) is 85.3 cm³/mol. The second kappa shape index (κ2) is 7.57. The van der Waals surface area contributed by atoms with E-state index >= 15 is 0 Å². The standard InChI is InChI=1S/C17H26N2O2/c1-3-10-17(11-7-12-18-17)16(20)19-15-9-6-5-8-14(15)13-21-4-2/h5-6,8-9,18H,3-4,7,10-13H2,1-2H3,(H,19,20). The molecule has 0 saturated carbocycles. The van der Waals surface area contributed by atoms with E-state index in [0.29, 0.717) is 13.2 Å². The molecule has 0 bridgehead atoms. The number of carbonyl (C=O) groups excluding carboxylic acids is 1. The average Bonchev–Trinajstić information content (AvgIpc) is 2.97. The summed E-state index contributed by atoms with van der Waals surface area (Å²) in [6, 6.07) is 7.86. The van der Waals surface area contributed by atoms with Crippen molar-refractivity contribution in [3.05, 3.63) is 29.8 Å². The molecule has 0 radical (unpaired) electrons. The summed E-state index contributed by atoms with van der Waals surface area (Å²) < 4.78 is 5.47. The predicted octanol–water partition coefficient (Wildman–Crippen LogP) is 3.08. The molecule has 2 rings (SSSR count). The molecular formula is C17H26N2O2. The van der Waals surface area contributed by atoms with Crippen LogP contribution in [-0.4, -0.2) is 24.6 Å². The van der Waals surface area contributed by atoms with Crippen LogP contribution >= 0.6 is 0 Å². The summed E-state index contributed by atoms with van der Waals surface area (Å²) >= 11 is 0. The molecule has 116 valence electrons. The maximum absolute atomic E-state index is 12.7. The fourth-order valence-electron chi connectivity index (χ4n) is 2.98. The van der Waals surface area contributed by atoms with Crippen LogP contribution in [0.5, 0.6) is 0 Å². The number of hydrogen-bond acceptors (Lipinski definition) is 3. The molecule has 1 aliphatic rings. The molecule has 4 nitrogen and oxygen atoms in total. The van der Waals surface area contributed by atoms with Crippen molar-refractivity contribution in [2.24, 2.45) is 0 Å². The van der Waals surface area contributed by atoms with Crippen LogP contribution in [0.15, 0.2) is 24.3 Å². The lowest BCUT2D eigenvalue weighted by atomic mass is 9.90. The van der Waals surface area contributed by atoms with Crippen molar-refractivity contribution in [2.75, 3.05) is 18.5 Å². The monoisotopic (exact) mass is 290 g/mol. The van der Waals surface area contributed by atoms with Crippen LogP contribution < -0.4 is 10.6 Å². The zero-order valence-electron chi connectivity index (χ0n) is 13.1. The SMILES string of the molecule is CCCC1(C(=O)Nc2ccccc2COCC)CCCN1. The fourth-order valence-corrected chi connectivity index (χ4v) is 2.98. The summed E-state index contributed by atoms with van der Waals surface area (Å²) in [6.45, 7) is 6.22. The molecule has 1 heterocycles. The zero-order chi connectivity index (χ0) is 15.1. The number of carbonyl (C=O) groups is 1. The summed E-state index contributed by atoms with van der Waals surface area (Å²) in [6.07, 6.45) is 3.86. The van der Waals surface area contributed by atoms with Crippen molar-refractivity contribution >= 4 is 11.6 Å². The van der Waals surface area contributed by atoms with Crippen molar-refractivity contribution in [1.82, 2.24) is 5.32 Å². The van der Waals surface area contributed by atoms with Crippen molar-refractivity contribution in [2.45, 2.75) is 51.7 Å². The molecule has 21 heavy (non-hydrogen) atoms. The van der Waals surface area contributed by atoms with Crippen LogP contribution in [0.3, 0.4) is 0 Å². The third kappa shape index (κ3) is 3.83. The number of rotatable bonds is 7. The van der Waals surface area contributed by atoms with Crippen molar-refractivity contribution in [1.29, 1.82) is 0 Å². The molecule has 1 atom stereocenters. The molecule has 0 spiro atoms. The number of para-hydroxylation sites is 1. The first-order chi connectivity index (χ1) is 10.2. The average molecular weight is 290 g/mol. The van der Waals surface area contributed by atoms with E-state index in [1.165, 1.54) is 0 Å². The van der Waals surface area contributed by atoms with Crippen LogP contribution in [0.1, 0.15) is 45.1 Å². The van der Waals surface area contributed by atoms with Gasteiger partial charge in [0.05, 0.1) is 12.1 Å². The Balaban J connectivity index is 2.11. The summed E-state index contributed by atoms with van der Waals surface area (Å²) in [5.74, 6) is 0.0887. The van der Waals surface area contributed by atoms with E-state index in [1.807, 2.05) is 31.2 Å². The molecular weight excluding hydrogens is 264 g/mol. The highest BCUT2D eigenvalue weighted by Crippen LogP contribution is 2.27. The molecule has 1 aliphatic heterocycles. The minimum atomic E-state index is -0.395. The molecule has 1 unspecified atom stereocenters. The van der Waals surface area contributed by atoms with Gasteiger partial charge in [-0.15, -0.1) is 0 Å². The number of benzene rings is 1. The number of anilines is 1. The van der Waals surface area contributed by atoms with E-state index in [0.717, 1.165) is 43.5 Å². The first-order valence-electron chi connectivity index (χ1n) is 7.94. The fraction of sp³-hybridized carbons (Fsp3) is 0.588. The Bertz CT molecular complexity index is 468. The van der Waals surface area contributed by atoms with Crippen LogP contribution in [0.2, 0.25) is 0 Å². The highest BCUT2D eigenvalue weighted by Gasteiger charge is 2.39. The first-order valence-corrected chi connectivity index (χ1v) is 7.94. The second-order valence-corrected chi connectivity index (χ2v) is 5.61. The molecule has 4 heteroatoms. The Morgan fingerprint density at radius 1 is 1.38 bits per heavy atom. The third-order valence-corrected chi connectivity index (χ3v) is 4.08. The van der Waals surface area contributed by atoms with Gasteiger partial charge in [-0.3, -0.25) is 4.79 Å². The number of nitrogens with one attached hydrogen (secondary N) is 2. The topological polar surface area (TPSA) is 50.4 Å². The van der Waals surface area contributed by atoms with Gasteiger partial charge in [-0.05, 0) is 38.8 Å². The lowest BCUT2D eigenvalue weighted by Gasteiger charge is -2.28. The second-order valence-electron chi connectivity index (χ2n) is 5.61. The molecule has 1 fully saturated rings. The van der Waals surface area contributed by atoms with E-state index in [1.54, 1.807) is 0 Å². The Morgan fingerprint density at radius 2 is 2.19 bits per heavy atom. The van der Waals surface area contributed by atoms with Crippen LogP contribution in [0, 0.1) is 0 Å². The normalized spacial score (nSPS) is 21.4. The van der Waals surface area contributed by atoms with Gasteiger partial charge in [-0.25, -0.2) is 0 Å². The summed E-state index contributed by atoms with van der Waals surface area (Å²) in [5.41, 5.74) is 1.49. The van der Waals surface area contributed by atoms with Gasteiger partial charge in [-0.2, -0.15) is 0 Å². The number of ether oxygens (including phenoxy) is 1. The molecule has 1 saturated heterocycles. The van der Waals surface area contributed by atoms with E-state index < -0.39 is 5.54 Å². The highest BCUT2D eigenvalue weighted by molar-refractivity contribution is 5.98. The molecule has 0 aliphatic carbocycles. The molecule has 0 aromatic heterocycles. The smallest absolute Gasteiger partial charge is 0.244 e. The van der Waals surface area contributed by atoms with Gasteiger partial charge in [0, 0.05) is 17.9 Å². The van der Waals surface area contributed by atoms with E-state index in [2.05, 4.69) is 17.6 Å². The van der Waals surface area contributed by atoms with Crippen LogP contribution in [0.25, 0.3) is 0 Å². The highest BCUT2D eigenvalue weighted by atomic mass is 16.5. The summed E-state index contributed by atoms with van der Waals surface area (Å²) in [5, 5.41) is 6.52. The number of hydrogen-bond donors (Lipinski definition) is 2. The maximum Gasteiger partial charge on any atom is 0.244 e.